The van der Waals surface area contributed by atoms with Crippen LogP contribution in [-0.2, 0) is 14.4 Å². The average Bonchev–Trinajstić information content (AvgIpc) is 2.43. The summed E-state index contributed by atoms with van der Waals surface area (Å²) in [5.74, 6) is -1.29. The van der Waals surface area contributed by atoms with Gasteiger partial charge < -0.3 is 9.84 Å². The van der Waals surface area contributed by atoms with E-state index in [-0.39, 0.29) is 25.9 Å². The summed E-state index contributed by atoms with van der Waals surface area (Å²) in [6, 6.07) is 5.60. The maximum absolute atomic E-state index is 11.5. The van der Waals surface area contributed by atoms with E-state index in [9.17, 15) is 14.4 Å². The first kappa shape index (κ1) is 17.5. The molecule has 0 radical (unpaired) electrons. The molecule has 0 fully saturated rings. The number of benzene rings is 1. The Labute approximate surface area is 128 Å². The van der Waals surface area contributed by atoms with Crippen molar-refractivity contribution in [2.45, 2.75) is 33.1 Å². The molecule has 0 aliphatic rings. The van der Waals surface area contributed by atoms with Gasteiger partial charge in [-0.3, -0.25) is 25.2 Å². The van der Waals surface area contributed by atoms with Crippen molar-refractivity contribution < 1.29 is 24.2 Å². The van der Waals surface area contributed by atoms with Crippen LogP contribution in [-0.4, -0.2) is 29.5 Å². The molecule has 7 heteroatoms. The first-order valence-corrected chi connectivity index (χ1v) is 6.88. The van der Waals surface area contributed by atoms with Gasteiger partial charge in [0.05, 0.1) is 0 Å². The number of aliphatic carboxylic acids is 1. The van der Waals surface area contributed by atoms with Crippen molar-refractivity contribution >= 4 is 17.8 Å². The lowest BCUT2D eigenvalue weighted by Gasteiger charge is -2.10. The predicted molar refractivity (Wildman–Crippen MR) is 79.2 cm³/mol. The largest absolute Gasteiger partial charge is 0.483 e. The van der Waals surface area contributed by atoms with Crippen molar-refractivity contribution in [2.24, 2.45) is 0 Å². The lowest BCUT2D eigenvalue weighted by Crippen LogP contribution is -2.43. The van der Waals surface area contributed by atoms with Gasteiger partial charge in [0.15, 0.2) is 6.61 Å². The van der Waals surface area contributed by atoms with Gasteiger partial charge in [0, 0.05) is 12.8 Å². The zero-order valence-electron chi connectivity index (χ0n) is 12.6. The molecule has 2 amide bonds. The smallest absolute Gasteiger partial charge is 0.303 e. The fourth-order valence-electron chi connectivity index (χ4n) is 1.74. The number of ether oxygens (including phenoxy) is 1. The lowest BCUT2D eigenvalue weighted by molar-refractivity contribution is -0.137. The van der Waals surface area contributed by atoms with E-state index < -0.39 is 17.8 Å². The van der Waals surface area contributed by atoms with E-state index in [0.717, 1.165) is 11.1 Å². The summed E-state index contributed by atoms with van der Waals surface area (Å²) < 4.78 is 5.36. The van der Waals surface area contributed by atoms with Crippen molar-refractivity contribution in [3.63, 3.8) is 0 Å². The number of hydrogen-bond acceptors (Lipinski definition) is 4. The Morgan fingerprint density at radius 3 is 2.41 bits per heavy atom. The molecular formula is C15H20N2O5. The van der Waals surface area contributed by atoms with E-state index in [4.69, 9.17) is 9.84 Å². The van der Waals surface area contributed by atoms with Crippen LogP contribution in [0, 0.1) is 13.8 Å². The number of carboxylic acid groups (broad SMARTS) is 1. The van der Waals surface area contributed by atoms with Crippen molar-refractivity contribution in [3.8, 4) is 5.75 Å². The third kappa shape index (κ3) is 6.74. The van der Waals surface area contributed by atoms with Gasteiger partial charge in [-0.2, -0.15) is 0 Å². The molecule has 0 spiro atoms. The minimum Gasteiger partial charge on any atom is -0.483 e. The van der Waals surface area contributed by atoms with Crippen LogP contribution in [0.4, 0.5) is 0 Å². The van der Waals surface area contributed by atoms with E-state index in [1.807, 2.05) is 26.0 Å². The molecule has 1 rings (SSSR count). The number of amides is 2. The topological polar surface area (TPSA) is 105 Å². The van der Waals surface area contributed by atoms with Gasteiger partial charge in [-0.25, -0.2) is 0 Å². The molecular weight excluding hydrogens is 288 g/mol. The maximum atomic E-state index is 11.5. The molecule has 0 aliphatic heterocycles. The summed E-state index contributed by atoms with van der Waals surface area (Å²) in [6.07, 6.45) is 0.164. The van der Waals surface area contributed by atoms with Gasteiger partial charge in [-0.05, 0) is 31.9 Å². The SMILES string of the molecule is Cc1ccc(OCC(=O)NNC(=O)CCCC(=O)O)c(C)c1. The predicted octanol–water partition coefficient (Wildman–Crippen LogP) is 1.08. The minimum absolute atomic E-state index is 0.0322. The van der Waals surface area contributed by atoms with Crippen LogP contribution in [0.1, 0.15) is 30.4 Å². The van der Waals surface area contributed by atoms with Gasteiger partial charge in [0.25, 0.3) is 5.91 Å². The number of hydrogen-bond donors (Lipinski definition) is 3. The molecule has 7 nitrogen and oxygen atoms in total. The number of carbonyl (C=O) groups is 3. The number of hydrazine groups is 1. The van der Waals surface area contributed by atoms with Crippen molar-refractivity contribution in [1.82, 2.24) is 10.9 Å². The number of carboxylic acids is 1. The van der Waals surface area contributed by atoms with Crippen LogP contribution in [0.25, 0.3) is 0 Å². The summed E-state index contributed by atoms with van der Waals surface area (Å²) >= 11 is 0. The van der Waals surface area contributed by atoms with Crippen LogP contribution in [0.15, 0.2) is 18.2 Å². The highest BCUT2D eigenvalue weighted by Crippen LogP contribution is 2.18. The molecule has 3 N–H and O–H groups in total. The highest BCUT2D eigenvalue weighted by molar-refractivity contribution is 5.82. The van der Waals surface area contributed by atoms with E-state index >= 15 is 0 Å². The normalized spacial score (nSPS) is 9.91. The maximum Gasteiger partial charge on any atom is 0.303 e. The number of nitrogens with one attached hydrogen (secondary N) is 2. The Morgan fingerprint density at radius 1 is 1.09 bits per heavy atom. The van der Waals surface area contributed by atoms with Crippen LogP contribution in [0.3, 0.4) is 0 Å². The molecule has 120 valence electrons. The van der Waals surface area contributed by atoms with Gasteiger partial charge in [0.1, 0.15) is 5.75 Å². The Morgan fingerprint density at radius 2 is 1.77 bits per heavy atom. The molecule has 0 bridgehead atoms. The molecule has 0 aliphatic carbocycles. The highest BCUT2D eigenvalue weighted by atomic mass is 16.5. The molecule has 0 aromatic heterocycles. The number of carbonyl (C=O) groups excluding carboxylic acids is 2. The summed E-state index contributed by atoms with van der Waals surface area (Å²) in [5.41, 5.74) is 6.44. The first-order chi connectivity index (χ1) is 10.4. The van der Waals surface area contributed by atoms with Gasteiger partial charge in [0.2, 0.25) is 5.91 Å². The molecule has 0 atom stereocenters. The zero-order chi connectivity index (χ0) is 16.5. The Balaban J connectivity index is 2.26. The fraction of sp³-hybridized carbons (Fsp3) is 0.400. The van der Waals surface area contributed by atoms with Gasteiger partial charge >= 0.3 is 5.97 Å². The van der Waals surface area contributed by atoms with Crippen LogP contribution in [0.5, 0.6) is 5.75 Å². The number of rotatable bonds is 7. The van der Waals surface area contributed by atoms with Gasteiger partial charge in [-0.1, -0.05) is 17.7 Å². The fourth-order valence-corrected chi connectivity index (χ4v) is 1.74. The Bertz CT molecular complexity index is 557. The van der Waals surface area contributed by atoms with Crippen LogP contribution < -0.4 is 15.6 Å². The van der Waals surface area contributed by atoms with Crippen molar-refractivity contribution in [3.05, 3.63) is 29.3 Å². The standard InChI is InChI=1S/C15H20N2O5/c1-10-6-7-12(11(2)8-10)22-9-14(19)17-16-13(18)4-3-5-15(20)21/h6-8H,3-5,9H2,1-2H3,(H,16,18)(H,17,19)(H,20,21). The second kappa shape index (κ2) is 8.66. The Hall–Kier alpha value is -2.57. The zero-order valence-corrected chi connectivity index (χ0v) is 12.6. The quantitative estimate of drug-likeness (QED) is 0.654. The molecule has 1 aromatic rings. The van der Waals surface area contributed by atoms with E-state index in [2.05, 4.69) is 10.9 Å². The average molecular weight is 308 g/mol. The molecule has 22 heavy (non-hydrogen) atoms. The molecule has 0 heterocycles. The third-order valence-corrected chi connectivity index (χ3v) is 2.83. The minimum atomic E-state index is -0.960. The summed E-state index contributed by atoms with van der Waals surface area (Å²) in [7, 11) is 0. The van der Waals surface area contributed by atoms with E-state index in [0.29, 0.717) is 5.75 Å². The lowest BCUT2D eigenvalue weighted by atomic mass is 10.1. The van der Waals surface area contributed by atoms with Crippen LogP contribution in [0.2, 0.25) is 0 Å². The second-order valence-electron chi connectivity index (χ2n) is 4.90. The number of aryl methyl sites for hydroxylation is 2. The van der Waals surface area contributed by atoms with Crippen LogP contribution >= 0.6 is 0 Å². The van der Waals surface area contributed by atoms with Crippen molar-refractivity contribution in [2.75, 3.05) is 6.61 Å². The van der Waals surface area contributed by atoms with Gasteiger partial charge in [-0.15, -0.1) is 0 Å². The van der Waals surface area contributed by atoms with E-state index in [1.54, 1.807) is 6.07 Å². The summed E-state index contributed by atoms with van der Waals surface area (Å²) in [6.45, 7) is 3.62. The molecule has 1 aromatic carbocycles. The van der Waals surface area contributed by atoms with E-state index in [1.165, 1.54) is 0 Å². The monoisotopic (exact) mass is 308 g/mol. The third-order valence-electron chi connectivity index (χ3n) is 2.83. The Kier molecular flexibility index (Phi) is 6.88. The van der Waals surface area contributed by atoms with Crippen molar-refractivity contribution in [1.29, 1.82) is 0 Å². The molecule has 0 saturated heterocycles. The first-order valence-electron chi connectivity index (χ1n) is 6.88. The molecule has 0 unspecified atom stereocenters. The molecule has 0 saturated carbocycles. The second-order valence-corrected chi connectivity index (χ2v) is 4.90. The summed E-state index contributed by atoms with van der Waals surface area (Å²) in [5, 5.41) is 8.44. The summed E-state index contributed by atoms with van der Waals surface area (Å²) in [4.78, 5) is 33.2. The highest BCUT2D eigenvalue weighted by Gasteiger charge is 2.07.